The predicted octanol–water partition coefficient (Wildman–Crippen LogP) is 3.53. The molecule has 20 heavy (non-hydrogen) atoms. The molecule has 0 unspecified atom stereocenters. The molecule has 0 fully saturated rings. The molecule has 0 aliphatic carbocycles. The highest BCUT2D eigenvalue weighted by Gasteiger charge is 2.02. The summed E-state index contributed by atoms with van der Waals surface area (Å²) in [5, 5.41) is 2.87. The Balaban J connectivity index is 1.67. The molecule has 0 atom stereocenters. The largest absolute Gasteiger partial charge is 0.493 e. The van der Waals surface area contributed by atoms with Crippen molar-refractivity contribution < 1.29 is 9.53 Å². The lowest BCUT2D eigenvalue weighted by Crippen LogP contribution is -2.24. The van der Waals surface area contributed by atoms with Crippen molar-refractivity contribution in [3.8, 4) is 5.75 Å². The normalized spacial score (nSPS) is 10.1. The zero-order chi connectivity index (χ0) is 14.2. The van der Waals surface area contributed by atoms with Crippen molar-refractivity contribution in [1.82, 2.24) is 5.32 Å². The molecule has 4 heteroatoms. The van der Waals surface area contributed by atoms with Crippen LogP contribution in [0, 0.1) is 0 Å². The van der Waals surface area contributed by atoms with E-state index >= 15 is 0 Å². The summed E-state index contributed by atoms with van der Waals surface area (Å²) < 4.78 is 6.51. The number of nitrogens with one attached hydrogen (secondary N) is 1. The van der Waals surface area contributed by atoms with Gasteiger partial charge in [-0.05, 0) is 29.8 Å². The molecule has 0 spiro atoms. The van der Waals surface area contributed by atoms with E-state index in [2.05, 4.69) is 21.2 Å². The van der Waals surface area contributed by atoms with E-state index in [4.69, 9.17) is 4.74 Å². The van der Waals surface area contributed by atoms with Gasteiger partial charge in [0.25, 0.3) is 0 Å². The Labute approximate surface area is 127 Å². The maximum absolute atomic E-state index is 11.7. The van der Waals surface area contributed by atoms with E-state index in [1.807, 2.05) is 54.6 Å². The van der Waals surface area contributed by atoms with Gasteiger partial charge in [0.1, 0.15) is 5.75 Å². The first kappa shape index (κ1) is 14.6. The number of carbonyl (C=O) groups excluding carboxylic acids is 1. The number of para-hydroxylation sites is 1. The van der Waals surface area contributed by atoms with E-state index in [1.54, 1.807) is 0 Å². The predicted molar refractivity (Wildman–Crippen MR) is 82.5 cm³/mol. The topological polar surface area (TPSA) is 38.3 Å². The van der Waals surface area contributed by atoms with Crippen LogP contribution in [0.2, 0.25) is 0 Å². The van der Waals surface area contributed by atoms with E-state index in [0.29, 0.717) is 19.6 Å². The Kier molecular flexibility index (Phi) is 5.62. The Morgan fingerprint density at radius 3 is 2.45 bits per heavy atom. The monoisotopic (exact) mass is 333 g/mol. The van der Waals surface area contributed by atoms with Gasteiger partial charge in [-0.1, -0.05) is 46.3 Å². The molecule has 0 saturated heterocycles. The Hall–Kier alpha value is -1.81. The Morgan fingerprint density at radius 1 is 1.05 bits per heavy atom. The quantitative estimate of drug-likeness (QED) is 0.878. The lowest BCUT2D eigenvalue weighted by Gasteiger charge is -2.07. The van der Waals surface area contributed by atoms with Crippen LogP contribution in [0.4, 0.5) is 0 Å². The van der Waals surface area contributed by atoms with Gasteiger partial charge in [-0.2, -0.15) is 0 Å². The average Bonchev–Trinajstić information content (AvgIpc) is 2.48. The second-order valence-corrected chi connectivity index (χ2v) is 5.23. The first-order valence-corrected chi connectivity index (χ1v) is 7.22. The number of benzene rings is 2. The first-order chi connectivity index (χ1) is 9.74. The fraction of sp³-hybridized carbons (Fsp3) is 0.188. The van der Waals surface area contributed by atoms with Crippen LogP contribution in [0.25, 0.3) is 0 Å². The highest BCUT2D eigenvalue weighted by atomic mass is 79.9. The summed E-state index contributed by atoms with van der Waals surface area (Å²) in [7, 11) is 0. The maximum Gasteiger partial charge on any atom is 0.223 e. The van der Waals surface area contributed by atoms with Crippen LogP contribution < -0.4 is 10.1 Å². The number of halogens is 1. The van der Waals surface area contributed by atoms with Gasteiger partial charge in [0.15, 0.2) is 0 Å². The van der Waals surface area contributed by atoms with Crippen LogP contribution in [0.15, 0.2) is 59.1 Å². The minimum Gasteiger partial charge on any atom is -0.493 e. The molecule has 2 rings (SSSR count). The molecule has 2 aromatic carbocycles. The van der Waals surface area contributed by atoms with Crippen molar-refractivity contribution >= 4 is 21.8 Å². The highest BCUT2D eigenvalue weighted by molar-refractivity contribution is 9.10. The number of hydrogen-bond donors (Lipinski definition) is 1. The minimum absolute atomic E-state index is 0.0103. The summed E-state index contributed by atoms with van der Waals surface area (Å²) in [4.78, 5) is 11.7. The van der Waals surface area contributed by atoms with Crippen molar-refractivity contribution in [2.75, 3.05) is 6.61 Å². The molecule has 2 aromatic rings. The molecular formula is C16H16BrNO2. The van der Waals surface area contributed by atoms with Crippen molar-refractivity contribution in [3.05, 3.63) is 64.6 Å². The third-order valence-electron chi connectivity index (χ3n) is 2.74. The van der Waals surface area contributed by atoms with E-state index in [1.165, 1.54) is 0 Å². The summed E-state index contributed by atoms with van der Waals surface area (Å²) in [5.74, 6) is 0.775. The van der Waals surface area contributed by atoms with Crippen LogP contribution in [0.3, 0.4) is 0 Å². The second kappa shape index (κ2) is 7.70. The summed E-state index contributed by atoms with van der Waals surface area (Å²) >= 11 is 3.38. The fourth-order valence-corrected chi connectivity index (χ4v) is 1.93. The zero-order valence-electron chi connectivity index (χ0n) is 11.0. The molecule has 0 aliphatic heterocycles. The molecule has 0 saturated carbocycles. The zero-order valence-corrected chi connectivity index (χ0v) is 12.6. The molecule has 1 amide bonds. The number of carbonyl (C=O) groups is 1. The van der Waals surface area contributed by atoms with Crippen molar-refractivity contribution in [3.63, 3.8) is 0 Å². The van der Waals surface area contributed by atoms with E-state index in [-0.39, 0.29) is 5.91 Å². The van der Waals surface area contributed by atoms with Gasteiger partial charge < -0.3 is 10.1 Å². The lowest BCUT2D eigenvalue weighted by atomic mass is 10.2. The molecule has 104 valence electrons. The highest BCUT2D eigenvalue weighted by Crippen LogP contribution is 2.10. The van der Waals surface area contributed by atoms with Crippen LogP contribution in [0.5, 0.6) is 5.75 Å². The summed E-state index contributed by atoms with van der Waals surface area (Å²) in [6.45, 7) is 0.924. The fourth-order valence-electron chi connectivity index (χ4n) is 1.67. The third kappa shape index (κ3) is 5.05. The maximum atomic E-state index is 11.7. The number of amides is 1. The SMILES string of the molecule is O=C(CCOc1ccccc1)NCc1ccc(Br)cc1. The lowest BCUT2D eigenvalue weighted by molar-refractivity contribution is -0.121. The minimum atomic E-state index is -0.0103. The second-order valence-electron chi connectivity index (χ2n) is 4.31. The number of ether oxygens (including phenoxy) is 1. The van der Waals surface area contributed by atoms with Gasteiger partial charge >= 0.3 is 0 Å². The molecule has 0 aromatic heterocycles. The van der Waals surface area contributed by atoms with Crippen LogP contribution in [0.1, 0.15) is 12.0 Å². The van der Waals surface area contributed by atoms with Crippen LogP contribution in [-0.4, -0.2) is 12.5 Å². The molecule has 0 heterocycles. The van der Waals surface area contributed by atoms with Crippen molar-refractivity contribution in [1.29, 1.82) is 0 Å². The molecule has 0 aliphatic rings. The van der Waals surface area contributed by atoms with Crippen LogP contribution in [-0.2, 0) is 11.3 Å². The first-order valence-electron chi connectivity index (χ1n) is 6.43. The van der Waals surface area contributed by atoms with Gasteiger partial charge in [-0.25, -0.2) is 0 Å². The summed E-state index contributed by atoms with van der Waals surface area (Å²) in [6, 6.07) is 17.4. The van der Waals surface area contributed by atoms with Gasteiger partial charge in [-0.15, -0.1) is 0 Å². The van der Waals surface area contributed by atoms with E-state index in [9.17, 15) is 4.79 Å². The smallest absolute Gasteiger partial charge is 0.223 e. The van der Waals surface area contributed by atoms with Crippen molar-refractivity contribution in [2.24, 2.45) is 0 Å². The third-order valence-corrected chi connectivity index (χ3v) is 3.27. The van der Waals surface area contributed by atoms with E-state index < -0.39 is 0 Å². The van der Waals surface area contributed by atoms with Gasteiger partial charge in [0.05, 0.1) is 13.0 Å². The van der Waals surface area contributed by atoms with Crippen LogP contribution >= 0.6 is 15.9 Å². The summed E-state index contributed by atoms with van der Waals surface area (Å²) in [5.41, 5.74) is 1.07. The number of rotatable bonds is 6. The molecule has 0 bridgehead atoms. The van der Waals surface area contributed by atoms with Crippen molar-refractivity contribution in [2.45, 2.75) is 13.0 Å². The molecular weight excluding hydrogens is 318 g/mol. The van der Waals surface area contributed by atoms with Gasteiger partial charge in [0.2, 0.25) is 5.91 Å². The number of hydrogen-bond acceptors (Lipinski definition) is 2. The average molecular weight is 334 g/mol. The Morgan fingerprint density at radius 2 is 1.75 bits per heavy atom. The van der Waals surface area contributed by atoms with E-state index in [0.717, 1.165) is 15.8 Å². The van der Waals surface area contributed by atoms with Gasteiger partial charge in [0, 0.05) is 11.0 Å². The Bertz CT molecular complexity index is 540. The molecule has 3 nitrogen and oxygen atoms in total. The van der Waals surface area contributed by atoms with Gasteiger partial charge in [-0.3, -0.25) is 4.79 Å². The molecule has 1 N–H and O–H groups in total. The molecule has 0 radical (unpaired) electrons. The summed E-state index contributed by atoms with van der Waals surface area (Å²) in [6.07, 6.45) is 0.353. The standard InChI is InChI=1S/C16H16BrNO2/c17-14-8-6-13(7-9-14)12-18-16(19)10-11-20-15-4-2-1-3-5-15/h1-9H,10-12H2,(H,18,19).